The van der Waals surface area contributed by atoms with Crippen LogP contribution in [0.25, 0.3) is 0 Å². The van der Waals surface area contributed by atoms with Crippen LogP contribution < -0.4 is 5.32 Å². The molecule has 1 amide bonds. The van der Waals surface area contributed by atoms with E-state index in [0.717, 1.165) is 10.0 Å². The molecular weight excluding hydrogens is 390 g/mol. The monoisotopic (exact) mass is 405 g/mol. The molecule has 0 radical (unpaired) electrons. The predicted octanol–water partition coefficient (Wildman–Crippen LogP) is 3.34. The normalized spacial score (nSPS) is 10.0. The number of aryl methyl sites for hydroxylation is 1. The Balaban J connectivity index is 1.99. The van der Waals surface area contributed by atoms with Crippen LogP contribution in [0, 0.1) is 6.92 Å². The number of hydrogen-bond donors (Lipinski definition) is 1. The van der Waals surface area contributed by atoms with Gasteiger partial charge in [-0.1, -0.05) is 28.1 Å². The van der Waals surface area contributed by atoms with Gasteiger partial charge >= 0.3 is 11.9 Å². The van der Waals surface area contributed by atoms with Crippen LogP contribution in [0.5, 0.6) is 0 Å². The molecule has 0 spiro atoms. The number of hydrogen-bond acceptors (Lipinski definition) is 5. The largest absolute Gasteiger partial charge is 0.465 e. The minimum Gasteiger partial charge on any atom is -0.465 e. The summed E-state index contributed by atoms with van der Waals surface area (Å²) in [4.78, 5) is 35.7. The fourth-order valence-corrected chi connectivity index (χ4v) is 2.32. The number of ether oxygens (including phenoxy) is 2. The van der Waals surface area contributed by atoms with E-state index in [1.165, 1.54) is 19.2 Å². The predicted molar refractivity (Wildman–Crippen MR) is 95.6 cm³/mol. The van der Waals surface area contributed by atoms with Gasteiger partial charge in [-0.15, -0.1) is 0 Å². The number of methoxy groups -OCH3 is 1. The smallest absolute Gasteiger partial charge is 0.339 e. The molecule has 0 saturated heterocycles. The van der Waals surface area contributed by atoms with Crippen LogP contribution in [0.1, 0.15) is 26.3 Å². The Kier molecular flexibility index (Phi) is 6.30. The summed E-state index contributed by atoms with van der Waals surface area (Å²) in [6.07, 6.45) is 0. The maximum absolute atomic E-state index is 12.1. The topological polar surface area (TPSA) is 81.7 Å². The lowest BCUT2D eigenvalue weighted by Gasteiger charge is -2.09. The van der Waals surface area contributed by atoms with E-state index >= 15 is 0 Å². The van der Waals surface area contributed by atoms with Gasteiger partial charge in [-0.25, -0.2) is 9.59 Å². The molecule has 7 heteroatoms. The molecule has 6 nitrogen and oxygen atoms in total. The van der Waals surface area contributed by atoms with Crippen molar-refractivity contribution in [1.82, 2.24) is 0 Å². The van der Waals surface area contributed by atoms with Gasteiger partial charge in [0.25, 0.3) is 5.91 Å². The molecule has 1 N–H and O–H groups in total. The molecule has 0 aliphatic carbocycles. The van der Waals surface area contributed by atoms with Crippen molar-refractivity contribution < 1.29 is 23.9 Å². The lowest BCUT2D eigenvalue weighted by Crippen LogP contribution is -2.22. The minimum absolute atomic E-state index is 0.0432. The Morgan fingerprint density at radius 3 is 2.28 bits per heavy atom. The zero-order valence-corrected chi connectivity index (χ0v) is 15.3. The fourth-order valence-electron chi connectivity index (χ4n) is 2.08. The fraction of sp³-hybridized carbons (Fsp3) is 0.167. The van der Waals surface area contributed by atoms with Crippen LogP contribution in [0.4, 0.5) is 5.69 Å². The molecule has 0 aliphatic heterocycles. The minimum atomic E-state index is -0.775. The third kappa shape index (κ3) is 4.90. The zero-order chi connectivity index (χ0) is 18.4. The van der Waals surface area contributed by atoms with Crippen molar-refractivity contribution in [3.63, 3.8) is 0 Å². The van der Waals surface area contributed by atoms with E-state index in [9.17, 15) is 14.4 Å². The van der Waals surface area contributed by atoms with Gasteiger partial charge < -0.3 is 14.8 Å². The van der Waals surface area contributed by atoms with E-state index in [1.807, 2.05) is 13.0 Å². The summed E-state index contributed by atoms with van der Waals surface area (Å²) in [6.45, 7) is 1.42. The Morgan fingerprint density at radius 2 is 1.68 bits per heavy atom. The highest BCUT2D eigenvalue weighted by Crippen LogP contribution is 2.20. The SMILES string of the molecule is COC(=O)c1ccccc1C(=O)OCC(=O)Nc1ccc(Br)c(C)c1. The average Bonchev–Trinajstić information content (AvgIpc) is 2.62. The molecular formula is C18H16BrNO5. The summed E-state index contributed by atoms with van der Waals surface area (Å²) in [5.74, 6) is -1.91. The first kappa shape index (κ1) is 18.7. The third-order valence-corrected chi connectivity index (χ3v) is 4.22. The molecule has 0 bridgehead atoms. The second-order valence-electron chi connectivity index (χ2n) is 5.13. The summed E-state index contributed by atoms with van der Waals surface area (Å²) in [6, 6.07) is 11.4. The van der Waals surface area contributed by atoms with Crippen LogP contribution in [-0.2, 0) is 14.3 Å². The van der Waals surface area contributed by atoms with Gasteiger partial charge in [-0.3, -0.25) is 4.79 Å². The van der Waals surface area contributed by atoms with Crippen molar-refractivity contribution in [2.24, 2.45) is 0 Å². The van der Waals surface area contributed by atoms with Crippen molar-refractivity contribution in [1.29, 1.82) is 0 Å². The molecule has 2 aromatic carbocycles. The standard InChI is InChI=1S/C18H16BrNO5/c1-11-9-12(7-8-15(11)19)20-16(21)10-25-18(23)14-6-4-3-5-13(14)17(22)24-2/h3-9H,10H2,1-2H3,(H,20,21). The average molecular weight is 406 g/mol. The first-order valence-electron chi connectivity index (χ1n) is 7.33. The Bertz CT molecular complexity index is 819. The van der Waals surface area contributed by atoms with E-state index in [2.05, 4.69) is 26.0 Å². The second-order valence-corrected chi connectivity index (χ2v) is 5.98. The van der Waals surface area contributed by atoms with Gasteiger partial charge in [0.2, 0.25) is 0 Å². The second kappa shape index (κ2) is 8.43. The van der Waals surface area contributed by atoms with Crippen molar-refractivity contribution >= 4 is 39.5 Å². The number of rotatable bonds is 5. The van der Waals surface area contributed by atoms with Crippen molar-refractivity contribution in [3.8, 4) is 0 Å². The highest BCUT2D eigenvalue weighted by Gasteiger charge is 2.19. The molecule has 0 aromatic heterocycles. The summed E-state index contributed by atoms with van der Waals surface area (Å²) in [5.41, 5.74) is 1.68. The first-order valence-corrected chi connectivity index (χ1v) is 8.12. The number of halogens is 1. The van der Waals surface area contributed by atoms with Crippen molar-refractivity contribution in [3.05, 3.63) is 63.6 Å². The molecule has 25 heavy (non-hydrogen) atoms. The molecule has 0 aliphatic rings. The number of carbonyl (C=O) groups is 3. The van der Waals surface area contributed by atoms with Crippen molar-refractivity contribution in [2.45, 2.75) is 6.92 Å². The first-order chi connectivity index (χ1) is 11.9. The van der Waals surface area contributed by atoms with Crippen LogP contribution in [0.2, 0.25) is 0 Å². The summed E-state index contributed by atoms with van der Waals surface area (Å²) >= 11 is 3.38. The van der Waals surface area contributed by atoms with Gasteiger partial charge in [-0.05, 0) is 42.8 Å². The van der Waals surface area contributed by atoms with Crippen LogP contribution in [0.3, 0.4) is 0 Å². The molecule has 0 heterocycles. The van der Waals surface area contributed by atoms with Gasteiger partial charge in [0.1, 0.15) is 0 Å². The number of nitrogens with one attached hydrogen (secondary N) is 1. The van der Waals surface area contributed by atoms with E-state index < -0.39 is 24.5 Å². The number of carbonyl (C=O) groups excluding carboxylic acids is 3. The van der Waals surface area contributed by atoms with E-state index in [1.54, 1.807) is 24.3 Å². The number of esters is 2. The van der Waals surface area contributed by atoms with E-state index in [4.69, 9.17) is 4.74 Å². The van der Waals surface area contributed by atoms with Crippen molar-refractivity contribution in [2.75, 3.05) is 19.0 Å². The third-order valence-electron chi connectivity index (χ3n) is 3.33. The maximum atomic E-state index is 12.1. The lowest BCUT2D eigenvalue weighted by atomic mass is 10.1. The van der Waals surface area contributed by atoms with Crippen LogP contribution in [0.15, 0.2) is 46.9 Å². The Hall–Kier alpha value is -2.67. The van der Waals surface area contributed by atoms with E-state index in [-0.39, 0.29) is 11.1 Å². The maximum Gasteiger partial charge on any atom is 0.339 e. The van der Waals surface area contributed by atoms with E-state index in [0.29, 0.717) is 5.69 Å². The molecule has 0 atom stereocenters. The summed E-state index contributed by atoms with van der Waals surface area (Å²) < 4.78 is 10.5. The molecule has 130 valence electrons. The Labute approximate surface area is 153 Å². The molecule has 0 fully saturated rings. The van der Waals surface area contributed by atoms with Gasteiger partial charge in [0, 0.05) is 10.2 Å². The van der Waals surface area contributed by atoms with Crippen LogP contribution >= 0.6 is 15.9 Å². The molecule has 0 saturated carbocycles. The molecule has 0 unspecified atom stereocenters. The van der Waals surface area contributed by atoms with Gasteiger partial charge in [-0.2, -0.15) is 0 Å². The highest BCUT2D eigenvalue weighted by atomic mass is 79.9. The Morgan fingerprint density at radius 1 is 1.04 bits per heavy atom. The summed E-state index contributed by atoms with van der Waals surface area (Å²) in [5, 5.41) is 2.64. The summed E-state index contributed by atoms with van der Waals surface area (Å²) in [7, 11) is 1.22. The quantitative estimate of drug-likeness (QED) is 0.771. The highest BCUT2D eigenvalue weighted by molar-refractivity contribution is 9.10. The van der Waals surface area contributed by atoms with Crippen LogP contribution in [-0.4, -0.2) is 31.6 Å². The number of anilines is 1. The molecule has 2 rings (SSSR count). The van der Waals surface area contributed by atoms with Gasteiger partial charge in [0.15, 0.2) is 6.61 Å². The lowest BCUT2D eigenvalue weighted by molar-refractivity contribution is -0.119. The number of benzene rings is 2. The zero-order valence-electron chi connectivity index (χ0n) is 13.7. The molecule has 2 aromatic rings. The number of amides is 1. The van der Waals surface area contributed by atoms with Gasteiger partial charge in [0.05, 0.1) is 18.2 Å².